The second-order valence-corrected chi connectivity index (χ2v) is 12.4. The number of hydrogen-bond donors (Lipinski definition) is 2. The monoisotopic (exact) mass is 556 g/mol. The van der Waals surface area contributed by atoms with Gasteiger partial charge in [-0.3, -0.25) is 24.8 Å². The molecule has 2 atom stereocenters. The van der Waals surface area contributed by atoms with Gasteiger partial charge in [0.1, 0.15) is 11.2 Å². The Balaban J connectivity index is 1.22. The van der Waals surface area contributed by atoms with E-state index in [2.05, 4.69) is 21.3 Å². The number of benzene rings is 2. The van der Waals surface area contributed by atoms with Gasteiger partial charge in [-0.05, 0) is 41.7 Å². The van der Waals surface area contributed by atoms with E-state index >= 15 is 4.39 Å². The Bertz CT molecular complexity index is 1580. The first-order valence-electron chi connectivity index (χ1n) is 14.0. The zero-order valence-electron chi connectivity index (χ0n) is 23.2. The smallest absolute Gasteiger partial charge is 0.234 e. The van der Waals surface area contributed by atoms with Gasteiger partial charge in [-0.15, -0.1) is 0 Å². The summed E-state index contributed by atoms with van der Waals surface area (Å²) in [6.45, 7) is 6.55. The molecule has 3 aromatic rings. The lowest BCUT2D eigenvalue weighted by Gasteiger charge is -2.50. The Morgan fingerprint density at radius 3 is 2.59 bits per heavy atom. The number of piperidine rings is 2. The minimum absolute atomic E-state index is 0.223. The average Bonchev–Trinajstić information content (AvgIpc) is 2.91. The van der Waals surface area contributed by atoms with Crippen LogP contribution in [-0.2, 0) is 31.9 Å². The largest absolute Gasteiger partial charge is 0.384 e. The molecule has 1 aromatic heterocycles. The molecule has 0 spiro atoms. The number of fused-ring (bicyclic) bond motifs is 1. The third-order valence-electron chi connectivity index (χ3n) is 9.26. The summed E-state index contributed by atoms with van der Waals surface area (Å²) in [6.07, 6.45) is 2.48. The summed E-state index contributed by atoms with van der Waals surface area (Å²) < 4.78 is 21.5. The number of carbonyl (C=O) groups excluding carboxylic acids is 2. The summed E-state index contributed by atoms with van der Waals surface area (Å²) in [5, 5.41) is 24.2. The first-order chi connectivity index (χ1) is 19.5. The fourth-order valence-corrected chi connectivity index (χ4v) is 6.55. The predicted octanol–water partition coefficient (Wildman–Crippen LogP) is 3.81. The molecule has 2 unspecified atom stereocenters. The molecule has 3 saturated heterocycles. The molecule has 2 amide bonds. The van der Waals surface area contributed by atoms with E-state index in [4.69, 9.17) is 4.74 Å². The topological polar surface area (TPSA) is 116 Å². The van der Waals surface area contributed by atoms with Crippen molar-refractivity contribution in [2.24, 2.45) is 5.41 Å². The number of amides is 2. The Morgan fingerprint density at radius 2 is 1.95 bits per heavy atom. The van der Waals surface area contributed by atoms with Crippen LogP contribution in [0.2, 0.25) is 0 Å². The van der Waals surface area contributed by atoms with Crippen LogP contribution in [-0.4, -0.2) is 53.1 Å². The highest BCUT2D eigenvalue weighted by atomic mass is 19.1. The molecular formula is C32H33FN4O4. The molecule has 0 bridgehead atoms. The Morgan fingerprint density at radius 1 is 1.20 bits per heavy atom. The van der Waals surface area contributed by atoms with Crippen LogP contribution in [0.5, 0.6) is 0 Å². The van der Waals surface area contributed by atoms with Crippen LogP contribution in [0.4, 0.5) is 4.39 Å². The molecule has 0 radical (unpaired) electrons. The van der Waals surface area contributed by atoms with E-state index in [1.807, 2.05) is 38.1 Å². The summed E-state index contributed by atoms with van der Waals surface area (Å²) >= 11 is 0. The molecule has 0 aliphatic carbocycles. The minimum Gasteiger partial charge on any atom is -0.384 e. The van der Waals surface area contributed by atoms with Crippen molar-refractivity contribution in [2.75, 3.05) is 26.3 Å². The van der Waals surface area contributed by atoms with E-state index in [0.717, 1.165) is 11.1 Å². The number of aromatic nitrogens is 1. The number of nitriles is 1. The highest BCUT2D eigenvalue weighted by Gasteiger charge is 2.50. The predicted molar refractivity (Wildman–Crippen MR) is 149 cm³/mol. The second kappa shape index (κ2) is 9.98. The van der Waals surface area contributed by atoms with Gasteiger partial charge in [-0.2, -0.15) is 5.26 Å². The number of carbonyl (C=O) groups is 2. The van der Waals surface area contributed by atoms with Gasteiger partial charge in [0.25, 0.3) is 0 Å². The number of hydrogen-bond acceptors (Lipinski definition) is 7. The van der Waals surface area contributed by atoms with E-state index in [1.165, 1.54) is 0 Å². The number of pyridine rings is 1. The molecule has 8 nitrogen and oxygen atoms in total. The first kappa shape index (κ1) is 27.5. The zero-order chi connectivity index (χ0) is 29.0. The lowest BCUT2D eigenvalue weighted by atomic mass is 9.66. The van der Waals surface area contributed by atoms with E-state index in [9.17, 15) is 20.0 Å². The molecule has 41 heavy (non-hydrogen) atoms. The Hall–Kier alpha value is -3.71. The van der Waals surface area contributed by atoms with Crippen molar-refractivity contribution in [1.82, 2.24) is 15.2 Å². The lowest BCUT2D eigenvalue weighted by Crippen LogP contribution is -2.55. The first-order valence-corrected chi connectivity index (χ1v) is 14.0. The van der Waals surface area contributed by atoms with Gasteiger partial charge in [0.15, 0.2) is 0 Å². The highest BCUT2D eigenvalue weighted by molar-refractivity contribution is 6.01. The zero-order valence-corrected chi connectivity index (χ0v) is 23.2. The normalized spacial score (nSPS) is 25.8. The minimum atomic E-state index is -1.42. The quantitative estimate of drug-likeness (QED) is 0.459. The van der Waals surface area contributed by atoms with E-state index in [1.54, 1.807) is 24.4 Å². The molecule has 3 fully saturated rings. The van der Waals surface area contributed by atoms with Crippen LogP contribution < -0.4 is 5.32 Å². The van der Waals surface area contributed by atoms with Crippen molar-refractivity contribution in [3.05, 3.63) is 76.7 Å². The van der Waals surface area contributed by atoms with Gasteiger partial charge in [-0.1, -0.05) is 44.2 Å². The SMILES string of the molecule is CC1(C)CN(Cc2ccc(C3(C#N)COC3)cc2)CCC1(O)c1ccc2ncc(C3CCC(=O)NC3=O)cc2c1F. The Labute approximate surface area is 238 Å². The maximum absolute atomic E-state index is 16.2. The number of aliphatic hydroxyl groups is 1. The molecule has 2 aromatic carbocycles. The summed E-state index contributed by atoms with van der Waals surface area (Å²) in [5.74, 6) is -1.81. The average molecular weight is 557 g/mol. The van der Waals surface area contributed by atoms with Crippen LogP contribution >= 0.6 is 0 Å². The summed E-state index contributed by atoms with van der Waals surface area (Å²) in [6, 6.07) is 15.4. The number of nitrogens with one attached hydrogen (secondary N) is 1. The van der Waals surface area contributed by atoms with E-state index in [0.29, 0.717) is 56.8 Å². The maximum Gasteiger partial charge on any atom is 0.234 e. The molecule has 3 aliphatic heterocycles. The molecule has 9 heteroatoms. The highest BCUT2D eigenvalue weighted by Crippen LogP contribution is 2.48. The summed E-state index contributed by atoms with van der Waals surface area (Å²) in [7, 11) is 0. The van der Waals surface area contributed by atoms with Crippen molar-refractivity contribution in [1.29, 1.82) is 5.26 Å². The molecule has 6 rings (SSSR count). The number of likely N-dealkylation sites (tertiary alicyclic amines) is 1. The lowest BCUT2D eigenvalue weighted by molar-refractivity contribution is -0.134. The van der Waals surface area contributed by atoms with Crippen LogP contribution in [0.25, 0.3) is 10.9 Å². The van der Waals surface area contributed by atoms with Gasteiger partial charge in [0.2, 0.25) is 11.8 Å². The summed E-state index contributed by atoms with van der Waals surface area (Å²) in [5.41, 5.74) is 0.641. The van der Waals surface area contributed by atoms with Crippen LogP contribution in [0, 0.1) is 22.6 Å². The molecule has 4 heterocycles. The van der Waals surface area contributed by atoms with Crippen molar-refractivity contribution >= 4 is 22.7 Å². The van der Waals surface area contributed by atoms with Gasteiger partial charge in [0.05, 0.1) is 36.3 Å². The number of halogens is 1. The molecule has 212 valence electrons. The van der Waals surface area contributed by atoms with Crippen LogP contribution in [0.3, 0.4) is 0 Å². The van der Waals surface area contributed by atoms with Gasteiger partial charge >= 0.3 is 0 Å². The fraction of sp³-hybridized carbons (Fsp3) is 0.438. The third kappa shape index (κ3) is 4.60. The maximum atomic E-state index is 16.2. The van der Waals surface area contributed by atoms with E-state index in [-0.39, 0.29) is 23.3 Å². The van der Waals surface area contributed by atoms with Crippen LogP contribution in [0.1, 0.15) is 61.3 Å². The fourth-order valence-electron chi connectivity index (χ4n) is 6.55. The number of rotatable bonds is 5. The van der Waals surface area contributed by atoms with Gasteiger partial charge < -0.3 is 9.84 Å². The van der Waals surface area contributed by atoms with Crippen LogP contribution in [0.15, 0.2) is 48.7 Å². The van der Waals surface area contributed by atoms with Crippen molar-refractivity contribution < 1.29 is 23.8 Å². The van der Waals surface area contributed by atoms with Crippen molar-refractivity contribution in [3.8, 4) is 6.07 Å². The number of ether oxygens (including phenoxy) is 1. The molecule has 3 aliphatic rings. The Kier molecular flexibility index (Phi) is 6.68. The molecule has 2 N–H and O–H groups in total. The molecule has 0 saturated carbocycles. The number of imide groups is 1. The van der Waals surface area contributed by atoms with E-state index < -0.39 is 34.1 Å². The van der Waals surface area contributed by atoms with Crippen molar-refractivity contribution in [3.63, 3.8) is 0 Å². The van der Waals surface area contributed by atoms with Crippen molar-refractivity contribution in [2.45, 2.75) is 56.6 Å². The number of nitrogens with zero attached hydrogens (tertiary/aromatic N) is 3. The second-order valence-electron chi connectivity index (χ2n) is 12.4. The standard InChI is InChI=1S/C32H33FN4O4/c1-30(2)17-37(15-20-3-5-22(6-4-20)31(16-34)18-41-19-31)12-11-32(30,40)25-8-9-26-24(28(25)33)13-21(14-35-26)23-7-10-27(38)36-29(23)39/h3-6,8-9,13-14,23,40H,7,10-12,15,17-19H2,1-2H3,(H,36,38,39). The van der Waals surface area contributed by atoms with Gasteiger partial charge in [-0.25, -0.2) is 4.39 Å². The molecular weight excluding hydrogens is 523 g/mol. The summed E-state index contributed by atoms with van der Waals surface area (Å²) in [4.78, 5) is 30.6. The van der Waals surface area contributed by atoms with Gasteiger partial charge in [0, 0.05) is 48.6 Å². The third-order valence-corrected chi connectivity index (χ3v) is 9.26.